The van der Waals surface area contributed by atoms with E-state index >= 15 is 13.1 Å². The first kappa shape index (κ1) is 26.4. The number of nitrogens with zero attached hydrogens (tertiary/aromatic N) is 2. The van der Waals surface area contributed by atoms with Crippen LogP contribution in [0.3, 0.4) is 0 Å². The van der Waals surface area contributed by atoms with E-state index in [4.69, 9.17) is 0 Å². The summed E-state index contributed by atoms with van der Waals surface area (Å²) in [6.45, 7) is 8.61. The summed E-state index contributed by atoms with van der Waals surface area (Å²) < 4.78 is 94.2. The number of hydrogen-bond acceptors (Lipinski definition) is 0. The first-order valence-corrected chi connectivity index (χ1v) is 12.5. The lowest BCUT2D eigenvalue weighted by Gasteiger charge is -2.40. The minimum absolute atomic E-state index is 0.417. The van der Waals surface area contributed by atoms with Crippen molar-refractivity contribution in [2.75, 3.05) is 0 Å². The van der Waals surface area contributed by atoms with E-state index in [0.29, 0.717) is 42.1 Å². The molecule has 2 nitrogen and oxygen atoms in total. The van der Waals surface area contributed by atoms with Crippen LogP contribution in [0.2, 0.25) is 0 Å². The van der Waals surface area contributed by atoms with Gasteiger partial charge in [-0.2, -0.15) is 0 Å². The van der Waals surface area contributed by atoms with Crippen molar-refractivity contribution in [3.63, 3.8) is 0 Å². The van der Waals surface area contributed by atoms with Crippen molar-refractivity contribution in [3.8, 4) is 0 Å². The SMILES string of the molecule is CCCCC1=C2C(C)=C(CC)C(C)=[N+]2[B@@-](F)(c2c(F)c(F)c(F)c(F)c2F)n2c(C)c(CC)c(C)c21. The summed E-state index contributed by atoms with van der Waals surface area (Å²) in [5.74, 6) is -10.9. The molecule has 0 saturated heterocycles. The molecule has 4 rings (SSSR count). The fourth-order valence-corrected chi connectivity index (χ4v) is 6.48. The van der Waals surface area contributed by atoms with Crippen molar-refractivity contribution in [3.05, 3.63) is 68.4 Å². The van der Waals surface area contributed by atoms with E-state index in [9.17, 15) is 13.2 Å². The highest BCUT2D eigenvalue weighted by Gasteiger charge is 2.59. The van der Waals surface area contributed by atoms with Gasteiger partial charge in [0.05, 0.1) is 0 Å². The van der Waals surface area contributed by atoms with Crippen LogP contribution in [0.1, 0.15) is 82.8 Å². The molecule has 0 spiro atoms. The second-order valence-corrected chi connectivity index (χ2v) is 9.77. The van der Waals surface area contributed by atoms with Gasteiger partial charge in [-0.1, -0.05) is 27.2 Å². The number of fused-ring (bicyclic) bond motifs is 2. The smallest absolute Gasteiger partial charge is 0.423 e. The van der Waals surface area contributed by atoms with Crippen molar-refractivity contribution in [2.45, 2.75) is 80.6 Å². The van der Waals surface area contributed by atoms with Gasteiger partial charge < -0.3 is 13.3 Å². The molecule has 0 aliphatic carbocycles. The Labute approximate surface area is 208 Å². The molecule has 2 aliphatic heterocycles. The molecule has 1 aromatic carbocycles. The van der Waals surface area contributed by atoms with Crippen LogP contribution in [0.5, 0.6) is 0 Å². The van der Waals surface area contributed by atoms with Crippen LogP contribution in [0, 0.1) is 42.9 Å². The summed E-state index contributed by atoms with van der Waals surface area (Å²) in [6, 6.07) is 0. The summed E-state index contributed by atoms with van der Waals surface area (Å²) in [5.41, 5.74) is 4.28. The molecule has 0 amide bonds. The highest BCUT2D eigenvalue weighted by atomic mass is 19.2. The van der Waals surface area contributed by atoms with Gasteiger partial charge in [-0.25, -0.2) is 22.0 Å². The van der Waals surface area contributed by atoms with Crippen molar-refractivity contribution in [1.29, 1.82) is 0 Å². The Morgan fingerprint density at radius 2 is 1.33 bits per heavy atom. The van der Waals surface area contributed by atoms with Gasteiger partial charge in [0.25, 0.3) is 0 Å². The minimum Gasteiger partial charge on any atom is -0.423 e. The Morgan fingerprint density at radius 3 is 1.83 bits per heavy atom. The second-order valence-electron chi connectivity index (χ2n) is 9.77. The van der Waals surface area contributed by atoms with Crippen molar-refractivity contribution in [2.24, 2.45) is 0 Å². The van der Waals surface area contributed by atoms with E-state index in [-0.39, 0.29) is 0 Å². The predicted octanol–water partition coefficient (Wildman–Crippen LogP) is 7.15. The minimum atomic E-state index is -4.17. The standard InChI is InChI=1S/C27H31BF6N2/c1-8-11-12-19-26-13(4)17(9-2)15(6)35(26)28(34,36-16(7)18(10-3)14(5)27(19)36)20-21(29)23(31)25(33)24(32)22(20)30/h8-12H2,1-7H3. The number of hydrogen-bond donors (Lipinski definition) is 0. The van der Waals surface area contributed by atoms with Gasteiger partial charge in [-0.05, 0) is 63.3 Å². The summed E-state index contributed by atoms with van der Waals surface area (Å²) in [4.78, 5) is 0. The van der Waals surface area contributed by atoms with Crippen LogP contribution in [-0.2, 0) is 6.42 Å². The van der Waals surface area contributed by atoms with E-state index in [1.165, 1.54) is 8.96 Å². The zero-order valence-electron chi connectivity index (χ0n) is 21.8. The lowest BCUT2D eigenvalue weighted by atomic mass is 9.57. The van der Waals surface area contributed by atoms with E-state index in [2.05, 4.69) is 0 Å². The largest absolute Gasteiger partial charge is 0.583 e. The normalized spacial score (nSPS) is 19.6. The van der Waals surface area contributed by atoms with Gasteiger partial charge in [0.15, 0.2) is 23.1 Å². The molecule has 3 heterocycles. The van der Waals surface area contributed by atoms with Crippen molar-refractivity contribution in [1.82, 2.24) is 4.48 Å². The van der Waals surface area contributed by atoms with E-state index in [0.717, 1.165) is 40.7 Å². The summed E-state index contributed by atoms with van der Waals surface area (Å²) >= 11 is 0. The molecular formula is C27H31BF6N2. The number of aromatic nitrogens is 1. The van der Waals surface area contributed by atoms with E-state index < -0.39 is 41.2 Å². The van der Waals surface area contributed by atoms with Crippen LogP contribution in [-0.4, -0.2) is 21.4 Å². The molecule has 194 valence electrons. The van der Waals surface area contributed by atoms with Gasteiger partial charge in [-0.3, -0.25) is 0 Å². The van der Waals surface area contributed by atoms with Crippen LogP contribution in [0.4, 0.5) is 26.3 Å². The van der Waals surface area contributed by atoms with Gasteiger partial charge in [0.1, 0.15) is 17.3 Å². The van der Waals surface area contributed by atoms with Crippen LogP contribution < -0.4 is 5.46 Å². The average molecular weight is 508 g/mol. The molecule has 0 radical (unpaired) electrons. The molecule has 0 unspecified atom stereocenters. The zero-order valence-corrected chi connectivity index (χ0v) is 21.8. The molecule has 1 atom stereocenters. The third-order valence-corrected chi connectivity index (χ3v) is 8.05. The number of allylic oxidation sites excluding steroid dienone is 3. The molecular weight excluding hydrogens is 477 g/mol. The highest BCUT2D eigenvalue weighted by molar-refractivity contribution is 6.79. The molecule has 1 aromatic heterocycles. The van der Waals surface area contributed by atoms with Crippen LogP contribution >= 0.6 is 0 Å². The maximum absolute atomic E-state index is 18.0. The fraction of sp³-hybridized carbons (Fsp3) is 0.444. The molecule has 0 saturated carbocycles. The molecule has 36 heavy (non-hydrogen) atoms. The highest BCUT2D eigenvalue weighted by Crippen LogP contribution is 2.46. The summed E-state index contributed by atoms with van der Waals surface area (Å²) in [5, 5.41) is 0. The van der Waals surface area contributed by atoms with Crippen LogP contribution in [0.25, 0.3) is 5.57 Å². The fourth-order valence-electron chi connectivity index (χ4n) is 6.48. The van der Waals surface area contributed by atoms with Crippen LogP contribution in [0.15, 0.2) is 16.8 Å². The summed E-state index contributed by atoms with van der Waals surface area (Å²) in [6.07, 6.45) is 3.29. The maximum atomic E-state index is 18.0. The van der Waals surface area contributed by atoms with Gasteiger partial charge in [0, 0.05) is 34.8 Å². The third-order valence-electron chi connectivity index (χ3n) is 8.05. The Kier molecular flexibility index (Phi) is 6.59. The lowest BCUT2D eigenvalue weighted by Crippen LogP contribution is -2.65. The van der Waals surface area contributed by atoms with Crippen molar-refractivity contribution >= 4 is 23.4 Å². The molecule has 2 aromatic rings. The Morgan fingerprint density at radius 1 is 0.778 bits per heavy atom. The molecule has 0 N–H and O–H groups in total. The number of halogens is 6. The Bertz CT molecular complexity index is 1370. The lowest BCUT2D eigenvalue weighted by molar-refractivity contribution is -0.346. The summed E-state index contributed by atoms with van der Waals surface area (Å²) in [7, 11) is 0. The quantitative estimate of drug-likeness (QED) is 0.169. The third kappa shape index (κ3) is 3.16. The molecule has 2 aliphatic rings. The second kappa shape index (κ2) is 9.00. The molecule has 0 fully saturated rings. The number of rotatable bonds is 6. The van der Waals surface area contributed by atoms with Gasteiger partial charge in [-0.15, -0.1) is 0 Å². The molecule has 0 bridgehead atoms. The zero-order chi connectivity index (χ0) is 26.9. The topological polar surface area (TPSA) is 7.94 Å². The first-order valence-electron chi connectivity index (χ1n) is 12.5. The van der Waals surface area contributed by atoms with E-state index in [1.54, 1.807) is 13.8 Å². The van der Waals surface area contributed by atoms with E-state index in [1.807, 2.05) is 34.6 Å². The van der Waals surface area contributed by atoms with Crippen molar-refractivity contribution < 1.29 is 30.8 Å². The van der Waals surface area contributed by atoms with Gasteiger partial charge >= 0.3 is 6.69 Å². The maximum Gasteiger partial charge on any atom is 0.583 e. The average Bonchev–Trinajstić information content (AvgIpc) is 3.26. The number of unbranched alkanes of at least 4 members (excludes halogenated alkanes) is 1. The monoisotopic (exact) mass is 508 g/mol. The van der Waals surface area contributed by atoms with Gasteiger partial charge in [0.2, 0.25) is 0 Å². The predicted molar refractivity (Wildman–Crippen MR) is 132 cm³/mol. The number of benzene rings is 1. The Balaban J connectivity index is 2.29. The Hall–Kier alpha value is -2.71. The molecule has 9 heteroatoms. The first-order chi connectivity index (χ1) is 16.9.